The number of methoxy groups -OCH3 is 2. The fourth-order valence-electron chi connectivity index (χ4n) is 5.27. The molecule has 2 saturated heterocycles. The van der Waals surface area contributed by atoms with Crippen LogP contribution < -0.4 is 9.47 Å². The molecular formula is C24H30N2O3. The topological polar surface area (TPSA) is 42.0 Å². The van der Waals surface area contributed by atoms with E-state index in [2.05, 4.69) is 40.1 Å². The minimum absolute atomic E-state index is 0.170. The van der Waals surface area contributed by atoms with Crippen LogP contribution in [0.15, 0.2) is 42.5 Å². The molecule has 5 heteroatoms. The Balaban J connectivity index is 1.55. The summed E-state index contributed by atoms with van der Waals surface area (Å²) in [6.45, 7) is 7.42. The van der Waals surface area contributed by atoms with E-state index in [9.17, 15) is 4.79 Å². The van der Waals surface area contributed by atoms with E-state index >= 15 is 0 Å². The molecule has 154 valence electrons. The maximum absolute atomic E-state index is 12.3. The van der Waals surface area contributed by atoms with E-state index in [1.54, 1.807) is 21.1 Å². The van der Waals surface area contributed by atoms with Crippen LogP contribution in [-0.4, -0.2) is 49.6 Å². The molecule has 1 amide bonds. The normalized spacial score (nSPS) is 23.9. The molecule has 0 aliphatic carbocycles. The molecule has 2 fully saturated rings. The summed E-state index contributed by atoms with van der Waals surface area (Å²) in [6.07, 6.45) is 0. The average molecular weight is 395 g/mol. The van der Waals surface area contributed by atoms with Gasteiger partial charge >= 0.3 is 0 Å². The number of rotatable bonds is 5. The highest BCUT2D eigenvalue weighted by Gasteiger charge is 2.48. The van der Waals surface area contributed by atoms with Gasteiger partial charge < -0.3 is 14.4 Å². The van der Waals surface area contributed by atoms with Gasteiger partial charge in [0.25, 0.3) is 0 Å². The maximum atomic E-state index is 12.3. The molecule has 2 aromatic rings. The van der Waals surface area contributed by atoms with E-state index < -0.39 is 0 Å². The van der Waals surface area contributed by atoms with E-state index in [-0.39, 0.29) is 11.9 Å². The van der Waals surface area contributed by atoms with Gasteiger partial charge in [-0.15, -0.1) is 0 Å². The van der Waals surface area contributed by atoms with Crippen LogP contribution in [-0.2, 0) is 11.3 Å². The van der Waals surface area contributed by atoms with Crippen LogP contribution in [0.3, 0.4) is 0 Å². The van der Waals surface area contributed by atoms with Crippen molar-refractivity contribution < 1.29 is 14.3 Å². The Hall–Kier alpha value is -2.53. The third-order valence-electron chi connectivity index (χ3n) is 6.54. The van der Waals surface area contributed by atoms with Crippen LogP contribution in [0.4, 0.5) is 0 Å². The molecule has 0 bridgehead atoms. The van der Waals surface area contributed by atoms with Crippen LogP contribution in [0.5, 0.6) is 11.5 Å². The first kappa shape index (κ1) is 19.8. The molecule has 2 heterocycles. The highest BCUT2D eigenvalue weighted by Crippen LogP contribution is 2.45. The second kappa shape index (κ2) is 8.07. The Morgan fingerprint density at radius 1 is 1.03 bits per heavy atom. The summed E-state index contributed by atoms with van der Waals surface area (Å²) < 4.78 is 11.1. The Kier molecular flexibility index (Phi) is 5.50. The molecule has 0 radical (unpaired) electrons. The summed E-state index contributed by atoms with van der Waals surface area (Å²) in [5.74, 6) is 2.91. The first-order valence-electron chi connectivity index (χ1n) is 10.3. The lowest BCUT2D eigenvalue weighted by Crippen LogP contribution is -2.34. The number of benzene rings is 2. The Labute approximate surface area is 173 Å². The fraction of sp³-hybridized carbons (Fsp3) is 0.458. The van der Waals surface area contributed by atoms with Crippen molar-refractivity contribution in [2.45, 2.75) is 26.4 Å². The van der Waals surface area contributed by atoms with Crippen molar-refractivity contribution in [1.29, 1.82) is 0 Å². The Morgan fingerprint density at radius 2 is 1.79 bits per heavy atom. The number of carbonyl (C=O) groups excluding carboxylic acids is 1. The zero-order valence-corrected chi connectivity index (χ0v) is 17.7. The van der Waals surface area contributed by atoms with Crippen LogP contribution in [0.25, 0.3) is 0 Å². The Morgan fingerprint density at radius 3 is 2.45 bits per heavy atom. The van der Waals surface area contributed by atoms with Crippen molar-refractivity contribution in [1.82, 2.24) is 9.80 Å². The van der Waals surface area contributed by atoms with Gasteiger partial charge in [-0.25, -0.2) is 0 Å². The molecule has 2 aliphatic rings. The van der Waals surface area contributed by atoms with Crippen molar-refractivity contribution in [3.8, 4) is 11.5 Å². The molecule has 2 aliphatic heterocycles. The van der Waals surface area contributed by atoms with Crippen LogP contribution in [0, 0.1) is 18.8 Å². The highest BCUT2D eigenvalue weighted by atomic mass is 16.5. The zero-order chi connectivity index (χ0) is 20.5. The second-order valence-electron chi connectivity index (χ2n) is 8.23. The molecule has 0 aromatic heterocycles. The third-order valence-corrected chi connectivity index (χ3v) is 6.54. The summed E-state index contributed by atoms with van der Waals surface area (Å²) in [4.78, 5) is 16.9. The highest BCUT2D eigenvalue weighted by molar-refractivity contribution is 5.74. The molecule has 5 nitrogen and oxygen atoms in total. The number of carbonyl (C=O) groups is 1. The Bertz CT molecular complexity index is 883. The summed E-state index contributed by atoms with van der Waals surface area (Å²) >= 11 is 0. The second-order valence-corrected chi connectivity index (χ2v) is 8.23. The molecule has 0 unspecified atom stereocenters. The van der Waals surface area contributed by atoms with Crippen molar-refractivity contribution in [3.05, 3.63) is 59.2 Å². The average Bonchev–Trinajstić information content (AvgIpc) is 3.26. The molecule has 0 N–H and O–H groups in total. The number of fused-ring (bicyclic) bond motifs is 1. The SMILES string of the molecule is COc1ccc(CN2C[C@@H]3CN(C(C)=O)[C@@H](c4ccccc4)[C@@H]3C2)c(OC)c1C. The predicted octanol–water partition coefficient (Wildman–Crippen LogP) is 3.66. The van der Waals surface area contributed by atoms with Crippen LogP contribution in [0.2, 0.25) is 0 Å². The van der Waals surface area contributed by atoms with Gasteiger partial charge in [-0.2, -0.15) is 0 Å². The summed E-state index contributed by atoms with van der Waals surface area (Å²) in [5, 5.41) is 0. The largest absolute Gasteiger partial charge is 0.496 e. The molecule has 2 aromatic carbocycles. The van der Waals surface area contributed by atoms with Crippen molar-refractivity contribution in [2.24, 2.45) is 11.8 Å². The van der Waals surface area contributed by atoms with Gasteiger partial charge in [-0.05, 0) is 24.5 Å². The van der Waals surface area contributed by atoms with E-state index in [0.717, 1.165) is 43.2 Å². The quantitative estimate of drug-likeness (QED) is 0.776. The smallest absolute Gasteiger partial charge is 0.219 e. The number of hydrogen-bond donors (Lipinski definition) is 0. The standard InChI is InChI=1S/C24H30N2O3/c1-16-22(28-3)11-10-19(24(16)29-4)12-25-13-20-14-26(17(2)27)23(21(20)15-25)18-8-6-5-7-9-18/h5-11,20-21,23H,12-15H2,1-4H3/t20-,21-,23+/m1/s1. The predicted molar refractivity (Wildman–Crippen MR) is 113 cm³/mol. The fourth-order valence-corrected chi connectivity index (χ4v) is 5.27. The van der Waals surface area contributed by atoms with Gasteiger partial charge in [0.2, 0.25) is 5.91 Å². The van der Waals surface area contributed by atoms with Gasteiger partial charge in [-0.1, -0.05) is 36.4 Å². The molecule has 0 saturated carbocycles. The zero-order valence-electron chi connectivity index (χ0n) is 17.7. The van der Waals surface area contributed by atoms with E-state index in [1.165, 1.54) is 11.1 Å². The molecule has 0 spiro atoms. The first-order valence-corrected chi connectivity index (χ1v) is 10.3. The monoisotopic (exact) mass is 394 g/mol. The van der Waals surface area contributed by atoms with Gasteiger partial charge in [0.1, 0.15) is 11.5 Å². The number of amides is 1. The van der Waals surface area contributed by atoms with Crippen LogP contribution in [0.1, 0.15) is 29.7 Å². The van der Waals surface area contributed by atoms with E-state index in [1.807, 2.05) is 19.1 Å². The minimum Gasteiger partial charge on any atom is -0.496 e. The van der Waals surface area contributed by atoms with Crippen molar-refractivity contribution in [3.63, 3.8) is 0 Å². The molecule has 29 heavy (non-hydrogen) atoms. The van der Waals surface area contributed by atoms with E-state index in [4.69, 9.17) is 9.47 Å². The molecule has 3 atom stereocenters. The lowest BCUT2D eigenvalue weighted by Gasteiger charge is -2.29. The van der Waals surface area contributed by atoms with Gasteiger partial charge in [0, 0.05) is 50.1 Å². The van der Waals surface area contributed by atoms with Crippen molar-refractivity contribution >= 4 is 5.91 Å². The molecular weight excluding hydrogens is 364 g/mol. The lowest BCUT2D eigenvalue weighted by atomic mass is 9.89. The number of nitrogens with zero attached hydrogens (tertiary/aromatic N) is 2. The van der Waals surface area contributed by atoms with Crippen molar-refractivity contribution in [2.75, 3.05) is 33.9 Å². The minimum atomic E-state index is 0.170. The van der Waals surface area contributed by atoms with Crippen LogP contribution >= 0.6 is 0 Å². The number of likely N-dealkylation sites (tertiary alicyclic amines) is 2. The third kappa shape index (κ3) is 3.60. The summed E-state index contributed by atoms with van der Waals surface area (Å²) in [6, 6.07) is 14.8. The van der Waals surface area contributed by atoms with E-state index in [0.29, 0.717) is 11.8 Å². The molecule has 4 rings (SSSR count). The summed E-state index contributed by atoms with van der Waals surface area (Å²) in [7, 11) is 3.41. The lowest BCUT2D eigenvalue weighted by molar-refractivity contribution is -0.130. The van der Waals surface area contributed by atoms with Gasteiger partial charge in [0.15, 0.2) is 0 Å². The summed E-state index contributed by atoms with van der Waals surface area (Å²) in [5.41, 5.74) is 3.47. The van der Waals surface area contributed by atoms with Gasteiger partial charge in [0.05, 0.1) is 20.3 Å². The maximum Gasteiger partial charge on any atom is 0.219 e. The van der Waals surface area contributed by atoms with Gasteiger partial charge in [-0.3, -0.25) is 9.69 Å². The number of ether oxygens (including phenoxy) is 2. The number of hydrogen-bond acceptors (Lipinski definition) is 4. The first-order chi connectivity index (χ1) is 14.0.